The van der Waals surface area contributed by atoms with E-state index < -0.39 is 0 Å². The molecule has 0 spiro atoms. The quantitative estimate of drug-likeness (QED) is 0.638. The number of rotatable bonds is 6. The number of quaternary nitrogens is 1. The van der Waals surface area contributed by atoms with Crippen LogP contribution < -0.4 is 15.5 Å². The maximum absolute atomic E-state index is 12.3. The Kier molecular flexibility index (Phi) is 7.05. The van der Waals surface area contributed by atoms with E-state index in [1.54, 1.807) is 0 Å². The molecule has 2 amide bonds. The van der Waals surface area contributed by atoms with Crippen LogP contribution in [0, 0.1) is 0 Å². The van der Waals surface area contributed by atoms with Gasteiger partial charge in [0.2, 0.25) is 5.91 Å². The first-order chi connectivity index (χ1) is 11.4. The lowest BCUT2D eigenvalue weighted by Crippen LogP contribution is -3.16. The molecule has 6 nitrogen and oxygen atoms in total. The highest BCUT2D eigenvalue weighted by atomic mass is 79.9. The normalized spacial score (nSPS) is 15.4. The first-order valence-electron chi connectivity index (χ1n) is 8.34. The van der Waals surface area contributed by atoms with Gasteiger partial charge in [-0.05, 0) is 38.1 Å². The summed E-state index contributed by atoms with van der Waals surface area (Å²) in [6.07, 6.45) is 0. The van der Waals surface area contributed by atoms with Gasteiger partial charge in [0, 0.05) is 16.2 Å². The van der Waals surface area contributed by atoms with Crippen LogP contribution in [0.25, 0.3) is 0 Å². The van der Waals surface area contributed by atoms with E-state index in [1.165, 1.54) is 4.90 Å². The van der Waals surface area contributed by atoms with E-state index in [4.69, 9.17) is 0 Å². The highest BCUT2D eigenvalue weighted by molar-refractivity contribution is 9.10. The minimum Gasteiger partial charge on any atom is -0.376 e. The number of nitrogens with zero attached hydrogens (tertiary/aromatic N) is 1. The highest BCUT2D eigenvalue weighted by Crippen LogP contribution is 2.13. The number of hydrogen-bond acceptors (Lipinski definition) is 3. The summed E-state index contributed by atoms with van der Waals surface area (Å²) in [4.78, 5) is 27.2. The van der Waals surface area contributed by atoms with Crippen molar-refractivity contribution in [1.29, 1.82) is 0 Å². The van der Waals surface area contributed by atoms with Crippen molar-refractivity contribution in [3.05, 3.63) is 28.7 Å². The van der Waals surface area contributed by atoms with Gasteiger partial charge in [0.05, 0.1) is 32.7 Å². The van der Waals surface area contributed by atoms with Crippen molar-refractivity contribution in [1.82, 2.24) is 10.2 Å². The second-order valence-corrected chi connectivity index (χ2v) is 7.31. The number of piperazine rings is 1. The summed E-state index contributed by atoms with van der Waals surface area (Å²) in [7, 11) is 0. The van der Waals surface area contributed by atoms with Gasteiger partial charge in [0.1, 0.15) is 0 Å². The van der Waals surface area contributed by atoms with Crippen molar-refractivity contribution in [2.24, 2.45) is 0 Å². The Morgan fingerprint density at radius 3 is 2.42 bits per heavy atom. The lowest BCUT2D eigenvalue weighted by atomic mass is 10.3. The molecule has 132 valence electrons. The van der Waals surface area contributed by atoms with Crippen LogP contribution in [-0.2, 0) is 9.59 Å². The first kappa shape index (κ1) is 18.7. The summed E-state index contributed by atoms with van der Waals surface area (Å²) >= 11 is 3.39. The van der Waals surface area contributed by atoms with Crippen LogP contribution in [0.2, 0.25) is 0 Å². The SMILES string of the molecule is CC(C)NC(=O)C[NH+]1CCN(C(=O)CNc2ccc(Br)cc2)CC1. The molecule has 1 aromatic rings. The molecule has 1 aliphatic rings. The third kappa shape index (κ3) is 6.13. The van der Waals surface area contributed by atoms with Gasteiger partial charge in [0.15, 0.2) is 6.54 Å². The molecule has 0 radical (unpaired) electrons. The van der Waals surface area contributed by atoms with Crippen molar-refractivity contribution < 1.29 is 14.5 Å². The summed E-state index contributed by atoms with van der Waals surface area (Å²) in [5.74, 6) is 0.181. The average Bonchev–Trinajstić information content (AvgIpc) is 2.54. The number of nitrogens with one attached hydrogen (secondary N) is 3. The zero-order valence-electron chi connectivity index (χ0n) is 14.3. The van der Waals surface area contributed by atoms with Gasteiger partial charge >= 0.3 is 0 Å². The van der Waals surface area contributed by atoms with Crippen molar-refractivity contribution in [3.8, 4) is 0 Å². The third-order valence-corrected chi connectivity index (χ3v) is 4.50. The first-order valence-corrected chi connectivity index (χ1v) is 9.13. The predicted molar refractivity (Wildman–Crippen MR) is 98.1 cm³/mol. The molecule has 0 saturated carbocycles. The van der Waals surface area contributed by atoms with Gasteiger partial charge in [-0.15, -0.1) is 0 Å². The maximum atomic E-state index is 12.3. The minimum atomic E-state index is 0.0803. The molecule has 7 heteroatoms. The van der Waals surface area contributed by atoms with Gasteiger partial charge in [-0.25, -0.2) is 0 Å². The summed E-state index contributed by atoms with van der Waals surface area (Å²) in [5.41, 5.74) is 0.932. The Hall–Kier alpha value is -1.60. The number of halogens is 1. The van der Waals surface area contributed by atoms with E-state index >= 15 is 0 Å². The van der Waals surface area contributed by atoms with Gasteiger partial charge in [0.25, 0.3) is 5.91 Å². The third-order valence-electron chi connectivity index (χ3n) is 3.97. The number of anilines is 1. The molecule has 0 aliphatic carbocycles. The van der Waals surface area contributed by atoms with Crippen molar-refractivity contribution in [3.63, 3.8) is 0 Å². The topological polar surface area (TPSA) is 65.9 Å². The number of benzene rings is 1. The Morgan fingerprint density at radius 1 is 1.21 bits per heavy atom. The smallest absolute Gasteiger partial charge is 0.275 e. The van der Waals surface area contributed by atoms with E-state index in [-0.39, 0.29) is 17.9 Å². The van der Waals surface area contributed by atoms with Crippen LogP contribution >= 0.6 is 15.9 Å². The second kappa shape index (κ2) is 9.03. The summed E-state index contributed by atoms with van der Waals surface area (Å²) < 4.78 is 1.01. The Labute approximate surface area is 151 Å². The Bertz CT molecular complexity index is 554. The molecule has 0 unspecified atom stereocenters. The van der Waals surface area contributed by atoms with Crippen molar-refractivity contribution in [2.45, 2.75) is 19.9 Å². The van der Waals surface area contributed by atoms with Gasteiger partial charge < -0.3 is 20.4 Å². The van der Waals surface area contributed by atoms with Crippen LogP contribution in [0.5, 0.6) is 0 Å². The fourth-order valence-corrected chi connectivity index (χ4v) is 2.97. The lowest BCUT2D eigenvalue weighted by molar-refractivity contribution is -0.896. The minimum absolute atomic E-state index is 0.0803. The average molecular weight is 398 g/mol. The highest BCUT2D eigenvalue weighted by Gasteiger charge is 2.25. The predicted octanol–water partition coefficient (Wildman–Crippen LogP) is 0.113. The summed E-state index contributed by atoms with van der Waals surface area (Å²) in [6.45, 7) is 7.73. The summed E-state index contributed by atoms with van der Waals surface area (Å²) in [6, 6.07) is 7.93. The number of carbonyl (C=O) groups is 2. The van der Waals surface area contributed by atoms with Crippen LogP contribution in [-0.4, -0.2) is 62.0 Å². The van der Waals surface area contributed by atoms with Crippen molar-refractivity contribution >= 4 is 33.4 Å². The zero-order valence-corrected chi connectivity index (χ0v) is 15.9. The molecule has 2 rings (SSSR count). The number of hydrogen-bond donors (Lipinski definition) is 3. The maximum Gasteiger partial charge on any atom is 0.275 e. The summed E-state index contributed by atoms with van der Waals surface area (Å²) in [5, 5.41) is 6.06. The molecule has 1 heterocycles. The molecule has 0 aromatic heterocycles. The number of amides is 2. The molecule has 1 saturated heterocycles. The van der Waals surface area contributed by atoms with E-state index in [9.17, 15) is 9.59 Å². The van der Waals surface area contributed by atoms with E-state index in [1.807, 2.05) is 43.0 Å². The van der Waals surface area contributed by atoms with Crippen molar-refractivity contribution in [2.75, 3.05) is 44.6 Å². The standard InChI is InChI=1S/C17H25BrN4O2/c1-13(2)20-16(23)12-21-7-9-22(10-8-21)17(24)11-19-15-5-3-14(18)4-6-15/h3-6,13,19H,7-12H2,1-2H3,(H,20,23)/p+1. The van der Waals surface area contributed by atoms with E-state index in [0.29, 0.717) is 26.2 Å². The molecule has 1 fully saturated rings. The molecular formula is C17H26BrN4O2+. The Morgan fingerprint density at radius 2 is 1.83 bits per heavy atom. The fraction of sp³-hybridized carbons (Fsp3) is 0.529. The lowest BCUT2D eigenvalue weighted by Gasteiger charge is -2.32. The largest absolute Gasteiger partial charge is 0.376 e. The fourth-order valence-electron chi connectivity index (χ4n) is 2.71. The molecule has 3 N–H and O–H groups in total. The van der Waals surface area contributed by atoms with Gasteiger partial charge in [-0.3, -0.25) is 9.59 Å². The number of carbonyl (C=O) groups excluding carboxylic acids is 2. The van der Waals surface area contributed by atoms with Crippen LogP contribution in [0.4, 0.5) is 5.69 Å². The zero-order chi connectivity index (χ0) is 17.5. The van der Waals surface area contributed by atoms with Gasteiger partial charge in [-0.2, -0.15) is 0 Å². The Balaban J connectivity index is 1.70. The van der Waals surface area contributed by atoms with Gasteiger partial charge in [-0.1, -0.05) is 15.9 Å². The van der Waals surface area contributed by atoms with E-state index in [0.717, 1.165) is 23.2 Å². The molecule has 0 bridgehead atoms. The molecular weight excluding hydrogens is 372 g/mol. The van der Waals surface area contributed by atoms with Crippen LogP contribution in [0.15, 0.2) is 28.7 Å². The van der Waals surface area contributed by atoms with Crippen LogP contribution in [0.1, 0.15) is 13.8 Å². The second-order valence-electron chi connectivity index (χ2n) is 6.39. The molecule has 1 aliphatic heterocycles. The molecule has 24 heavy (non-hydrogen) atoms. The molecule has 1 aromatic carbocycles. The molecule has 0 atom stereocenters. The monoisotopic (exact) mass is 397 g/mol. The van der Waals surface area contributed by atoms with E-state index in [2.05, 4.69) is 26.6 Å². The van der Waals surface area contributed by atoms with Crippen LogP contribution in [0.3, 0.4) is 0 Å².